The average Bonchev–Trinajstić information content (AvgIpc) is 3.40. The fourth-order valence-electron chi connectivity index (χ4n) is 3.48. The monoisotopic (exact) mass is 378 g/mol. The van der Waals surface area contributed by atoms with Crippen molar-refractivity contribution in [3.8, 4) is 0 Å². The number of rotatable bonds is 3. The highest BCUT2D eigenvalue weighted by Gasteiger charge is 2.35. The Balaban J connectivity index is 1.52. The first-order valence-electron chi connectivity index (χ1n) is 8.67. The van der Waals surface area contributed by atoms with Crippen LogP contribution in [0, 0.1) is 5.92 Å². The van der Waals surface area contributed by atoms with E-state index in [4.69, 9.17) is 4.99 Å². The zero-order valence-corrected chi connectivity index (χ0v) is 15.1. The van der Waals surface area contributed by atoms with Gasteiger partial charge in [-0.1, -0.05) is 30.3 Å². The highest BCUT2D eigenvalue weighted by atomic mass is 32.2. The summed E-state index contributed by atoms with van der Waals surface area (Å²) in [4.78, 5) is 4.93. The molecule has 136 valence electrons. The summed E-state index contributed by atoms with van der Waals surface area (Å²) in [5.41, 5.74) is 13.4. The molecule has 0 aliphatic carbocycles. The van der Waals surface area contributed by atoms with Crippen LogP contribution in [0.4, 0.5) is 11.4 Å². The van der Waals surface area contributed by atoms with E-state index in [0.29, 0.717) is 5.25 Å². The van der Waals surface area contributed by atoms with Crippen LogP contribution in [0.3, 0.4) is 0 Å². The fraction of sp³-hybridized carbons (Fsp3) is 0.158. The van der Waals surface area contributed by atoms with Crippen LogP contribution in [0.15, 0.2) is 64.0 Å². The number of thioether (sulfide) groups is 1. The molecule has 2 unspecified atom stereocenters. The van der Waals surface area contributed by atoms with Gasteiger partial charge in [0.05, 0.1) is 18.2 Å². The van der Waals surface area contributed by atoms with Crippen LogP contribution in [-0.2, 0) is 6.61 Å². The Labute approximate surface area is 160 Å². The molecule has 3 aliphatic heterocycles. The summed E-state index contributed by atoms with van der Waals surface area (Å²) >= 11 is 1.82. The molecule has 0 radical (unpaired) electrons. The average molecular weight is 378 g/mol. The molecule has 7 nitrogen and oxygen atoms in total. The third-order valence-electron chi connectivity index (χ3n) is 4.79. The van der Waals surface area contributed by atoms with Gasteiger partial charge in [-0.05, 0) is 34.7 Å². The van der Waals surface area contributed by atoms with Crippen LogP contribution in [0.2, 0.25) is 0 Å². The van der Waals surface area contributed by atoms with Crippen molar-refractivity contribution in [3.63, 3.8) is 0 Å². The minimum Gasteiger partial charge on any atom is -0.392 e. The molecule has 2 atom stereocenters. The van der Waals surface area contributed by atoms with E-state index in [9.17, 15) is 5.11 Å². The van der Waals surface area contributed by atoms with Gasteiger partial charge in [-0.15, -0.1) is 22.4 Å². The molecule has 0 aromatic heterocycles. The molecule has 27 heavy (non-hydrogen) atoms. The summed E-state index contributed by atoms with van der Waals surface area (Å²) in [5.74, 6) is 1.85. The second kappa shape index (κ2) is 6.73. The number of hydrogen-bond donors (Lipinski definition) is 5. The summed E-state index contributed by atoms with van der Waals surface area (Å²) < 4.78 is 0. The van der Waals surface area contributed by atoms with Crippen LogP contribution in [0.25, 0.3) is 0 Å². The number of hydrazone groups is 1. The molecule has 8 heteroatoms. The summed E-state index contributed by atoms with van der Waals surface area (Å²) in [7, 11) is 0. The second-order valence-corrected chi connectivity index (χ2v) is 7.54. The first-order valence-corrected chi connectivity index (χ1v) is 9.62. The van der Waals surface area contributed by atoms with Gasteiger partial charge in [0.2, 0.25) is 0 Å². The Morgan fingerprint density at radius 2 is 2.15 bits per heavy atom. The standard InChI is InChI=1S/C19H18N6OS/c26-10-11-2-1-3-13(8-11)20-19-15-6-7-27-17(15)14-5-4-12(9-16(14)21-19)18-22-24-25-23-18/h1-9,15,17,24-26H,10H2,(H,20,21)(H,22,23). The number of anilines is 1. The lowest BCUT2D eigenvalue weighted by molar-refractivity contribution is 0.282. The minimum absolute atomic E-state index is 0.0210. The Bertz CT molecular complexity index is 986. The predicted octanol–water partition coefficient (Wildman–Crippen LogP) is 2.53. The Hall–Kier alpha value is -2.81. The van der Waals surface area contributed by atoms with Crippen molar-refractivity contribution < 1.29 is 5.11 Å². The molecule has 2 aromatic rings. The van der Waals surface area contributed by atoms with Gasteiger partial charge in [-0.25, -0.2) is 10.5 Å². The van der Waals surface area contributed by atoms with Gasteiger partial charge < -0.3 is 10.4 Å². The maximum absolute atomic E-state index is 9.38. The first kappa shape index (κ1) is 16.4. The van der Waals surface area contributed by atoms with Gasteiger partial charge in [0.1, 0.15) is 5.84 Å². The highest BCUT2D eigenvalue weighted by Crippen LogP contribution is 2.50. The third kappa shape index (κ3) is 2.97. The van der Waals surface area contributed by atoms with Gasteiger partial charge >= 0.3 is 0 Å². The third-order valence-corrected chi connectivity index (χ3v) is 5.95. The molecule has 0 amide bonds. The van der Waals surface area contributed by atoms with Crippen molar-refractivity contribution in [2.75, 3.05) is 5.32 Å². The lowest BCUT2D eigenvalue weighted by Crippen LogP contribution is -2.35. The number of hydrogen-bond acceptors (Lipinski definition) is 8. The Morgan fingerprint density at radius 1 is 1.19 bits per heavy atom. The lowest BCUT2D eigenvalue weighted by atomic mass is 9.92. The predicted molar refractivity (Wildman–Crippen MR) is 108 cm³/mol. The molecule has 5 N–H and O–H groups in total. The van der Waals surface area contributed by atoms with Crippen molar-refractivity contribution in [2.45, 2.75) is 11.9 Å². The molecule has 0 fully saturated rings. The van der Waals surface area contributed by atoms with E-state index in [1.54, 1.807) is 0 Å². The number of benzene rings is 2. The quantitative estimate of drug-likeness (QED) is 0.564. The summed E-state index contributed by atoms with van der Waals surface area (Å²) in [6.45, 7) is 0.0210. The van der Waals surface area contributed by atoms with Crippen LogP contribution < -0.4 is 21.8 Å². The van der Waals surface area contributed by atoms with Crippen LogP contribution in [-0.4, -0.2) is 16.8 Å². The van der Waals surface area contributed by atoms with Gasteiger partial charge in [0, 0.05) is 16.5 Å². The van der Waals surface area contributed by atoms with Gasteiger partial charge in [0.15, 0.2) is 5.84 Å². The van der Waals surface area contributed by atoms with Crippen LogP contribution in [0.1, 0.15) is 21.9 Å². The first-order chi connectivity index (χ1) is 13.3. The normalized spacial score (nSPS) is 22.3. The zero-order valence-electron chi connectivity index (χ0n) is 14.3. The highest BCUT2D eigenvalue weighted by molar-refractivity contribution is 8.02. The molecule has 0 saturated heterocycles. The van der Waals surface area contributed by atoms with E-state index in [2.05, 4.69) is 56.6 Å². The van der Waals surface area contributed by atoms with E-state index in [1.807, 2.05) is 36.0 Å². The smallest absolute Gasteiger partial charge is 0.170 e. The summed E-state index contributed by atoms with van der Waals surface area (Å²) in [5, 5.41) is 19.5. The van der Waals surface area contributed by atoms with Gasteiger partial charge in [0.25, 0.3) is 0 Å². The number of amidine groups is 2. The number of nitrogens with zero attached hydrogens (tertiary/aromatic N) is 2. The zero-order chi connectivity index (χ0) is 18.2. The van der Waals surface area contributed by atoms with E-state index < -0.39 is 0 Å². The van der Waals surface area contributed by atoms with Crippen LogP contribution >= 0.6 is 11.8 Å². The van der Waals surface area contributed by atoms with Gasteiger partial charge in [-0.3, -0.25) is 5.43 Å². The van der Waals surface area contributed by atoms with Crippen molar-refractivity contribution in [1.82, 2.24) is 16.5 Å². The largest absolute Gasteiger partial charge is 0.392 e. The number of hydrazine groups is 2. The Kier molecular flexibility index (Phi) is 4.08. The molecule has 0 spiro atoms. The molecule has 3 heterocycles. The molecule has 3 aliphatic rings. The fourth-order valence-corrected chi connectivity index (χ4v) is 4.64. The van der Waals surface area contributed by atoms with Crippen molar-refractivity contribution in [1.29, 1.82) is 0 Å². The van der Waals surface area contributed by atoms with E-state index in [-0.39, 0.29) is 12.5 Å². The lowest BCUT2D eigenvalue weighted by Gasteiger charge is -2.28. The number of aliphatic hydroxyl groups excluding tert-OH is 1. The van der Waals surface area contributed by atoms with Crippen molar-refractivity contribution >= 4 is 34.8 Å². The Morgan fingerprint density at radius 3 is 3.00 bits per heavy atom. The topological polar surface area (TPSA) is 93.1 Å². The van der Waals surface area contributed by atoms with E-state index in [1.165, 1.54) is 5.56 Å². The maximum atomic E-state index is 9.38. The molecule has 0 bridgehead atoms. The maximum Gasteiger partial charge on any atom is 0.170 e. The molecular weight excluding hydrogens is 360 g/mol. The van der Waals surface area contributed by atoms with E-state index >= 15 is 0 Å². The molecule has 2 aromatic carbocycles. The van der Waals surface area contributed by atoms with Crippen LogP contribution in [0.5, 0.6) is 0 Å². The van der Waals surface area contributed by atoms with E-state index in [0.717, 1.165) is 34.2 Å². The number of fused-ring (bicyclic) bond motifs is 3. The molecule has 5 rings (SSSR count). The SMILES string of the molecule is OCc1cccc(NC2=Nc3cc(C4=NNNN4)ccc3C3SC=CC23)c1. The number of nitrogens with one attached hydrogen (secondary N) is 4. The number of aliphatic imine (C=N–C) groups is 1. The molecule has 0 saturated carbocycles. The minimum atomic E-state index is 0.0210. The number of aliphatic hydroxyl groups is 1. The summed E-state index contributed by atoms with van der Waals surface area (Å²) in [6, 6.07) is 14.0. The van der Waals surface area contributed by atoms with Crippen molar-refractivity contribution in [2.24, 2.45) is 16.0 Å². The molecular formula is C19H18N6OS. The van der Waals surface area contributed by atoms with Gasteiger partial charge in [-0.2, -0.15) is 0 Å². The van der Waals surface area contributed by atoms with Crippen molar-refractivity contribution in [3.05, 3.63) is 70.6 Å². The summed E-state index contributed by atoms with van der Waals surface area (Å²) in [6.07, 6.45) is 2.20. The second-order valence-electron chi connectivity index (χ2n) is 6.49.